The topological polar surface area (TPSA) is 38.8 Å². The number of ether oxygens (including phenoxy) is 2. The van der Waals surface area contributed by atoms with E-state index in [1.807, 2.05) is 19.1 Å². The molecule has 4 heteroatoms. The van der Waals surface area contributed by atoms with Gasteiger partial charge in [0.2, 0.25) is 5.78 Å². The summed E-state index contributed by atoms with van der Waals surface area (Å²) in [5.41, 5.74) is 1.66. The van der Waals surface area contributed by atoms with Crippen LogP contribution in [0.1, 0.15) is 24.2 Å². The number of nitrogens with zero attached hydrogens (tertiary/aromatic N) is 1. The first-order valence-electron chi connectivity index (χ1n) is 6.84. The molecule has 0 saturated heterocycles. The molecule has 0 unspecified atom stereocenters. The molecular formula is C16H23NO3. The zero-order valence-corrected chi connectivity index (χ0v) is 12.5. The summed E-state index contributed by atoms with van der Waals surface area (Å²) in [6.45, 7) is 10.4. The smallest absolute Gasteiger partial charge is 0.226 e. The number of rotatable bonds is 9. The van der Waals surface area contributed by atoms with Gasteiger partial charge < -0.3 is 14.4 Å². The molecule has 0 N–H and O–H groups in total. The highest BCUT2D eigenvalue weighted by molar-refractivity contribution is 6.07. The van der Waals surface area contributed by atoms with E-state index >= 15 is 0 Å². The molecule has 0 atom stereocenters. The fourth-order valence-electron chi connectivity index (χ4n) is 1.90. The SMILES string of the molecule is C=C(OCC)C(=O)c1ccc(N(CC)CCOC)cc1. The summed E-state index contributed by atoms with van der Waals surface area (Å²) in [6, 6.07) is 7.48. The van der Waals surface area contributed by atoms with Gasteiger partial charge in [-0.2, -0.15) is 0 Å². The number of hydrogen-bond acceptors (Lipinski definition) is 4. The van der Waals surface area contributed by atoms with Gasteiger partial charge in [-0.15, -0.1) is 0 Å². The Labute approximate surface area is 121 Å². The average molecular weight is 277 g/mol. The molecule has 0 fully saturated rings. The van der Waals surface area contributed by atoms with Gasteiger partial charge in [0.1, 0.15) is 0 Å². The van der Waals surface area contributed by atoms with Crippen molar-refractivity contribution >= 4 is 11.5 Å². The molecule has 0 aliphatic rings. The van der Waals surface area contributed by atoms with Crippen molar-refractivity contribution < 1.29 is 14.3 Å². The monoisotopic (exact) mass is 277 g/mol. The highest BCUT2D eigenvalue weighted by Crippen LogP contribution is 2.17. The maximum atomic E-state index is 12.0. The molecule has 0 bridgehead atoms. The largest absolute Gasteiger partial charge is 0.490 e. The van der Waals surface area contributed by atoms with Crippen molar-refractivity contribution in [2.24, 2.45) is 0 Å². The van der Waals surface area contributed by atoms with Crippen LogP contribution in [0.5, 0.6) is 0 Å². The lowest BCUT2D eigenvalue weighted by Crippen LogP contribution is -2.26. The molecule has 0 aromatic heterocycles. The first-order chi connectivity index (χ1) is 9.63. The summed E-state index contributed by atoms with van der Waals surface area (Å²) in [5.74, 6) is 0.0188. The predicted molar refractivity (Wildman–Crippen MR) is 81.3 cm³/mol. The number of carbonyl (C=O) groups is 1. The Morgan fingerprint density at radius 2 is 1.90 bits per heavy atom. The zero-order chi connectivity index (χ0) is 15.0. The molecule has 0 aliphatic carbocycles. The summed E-state index contributed by atoms with van der Waals surface area (Å²) in [4.78, 5) is 14.2. The number of ketones is 1. The molecule has 110 valence electrons. The normalized spacial score (nSPS) is 10.2. The lowest BCUT2D eigenvalue weighted by Gasteiger charge is -2.22. The number of carbonyl (C=O) groups excluding carboxylic acids is 1. The van der Waals surface area contributed by atoms with Crippen LogP contribution in [0.25, 0.3) is 0 Å². The van der Waals surface area contributed by atoms with Crippen molar-refractivity contribution in [2.75, 3.05) is 38.3 Å². The number of Topliss-reactive ketones (excluding diaryl/α,β-unsaturated/α-hetero) is 1. The summed E-state index contributed by atoms with van der Waals surface area (Å²) in [6.07, 6.45) is 0. The zero-order valence-electron chi connectivity index (χ0n) is 12.5. The van der Waals surface area contributed by atoms with Gasteiger partial charge in [-0.3, -0.25) is 4.79 Å². The van der Waals surface area contributed by atoms with Crippen LogP contribution in [-0.4, -0.2) is 39.2 Å². The number of methoxy groups -OCH3 is 1. The van der Waals surface area contributed by atoms with Gasteiger partial charge >= 0.3 is 0 Å². The standard InChI is InChI=1S/C16H23NO3/c1-5-17(11-12-19-4)15-9-7-14(8-10-15)16(18)13(3)20-6-2/h7-10H,3,5-6,11-12H2,1-2,4H3. The Kier molecular flexibility index (Phi) is 6.81. The van der Waals surface area contributed by atoms with E-state index in [0.717, 1.165) is 18.8 Å². The molecular weight excluding hydrogens is 254 g/mol. The predicted octanol–water partition coefficient (Wildman–Crippen LogP) is 2.89. The third kappa shape index (κ3) is 4.38. The van der Waals surface area contributed by atoms with E-state index in [4.69, 9.17) is 9.47 Å². The van der Waals surface area contributed by atoms with E-state index in [9.17, 15) is 4.79 Å². The van der Waals surface area contributed by atoms with Gasteiger partial charge in [0.05, 0.1) is 13.2 Å². The van der Waals surface area contributed by atoms with Gasteiger partial charge in [0, 0.05) is 31.5 Å². The van der Waals surface area contributed by atoms with E-state index in [1.54, 1.807) is 19.2 Å². The van der Waals surface area contributed by atoms with Crippen LogP contribution in [0.4, 0.5) is 5.69 Å². The van der Waals surface area contributed by atoms with E-state index in [0.29, 0.717) is 18.8 Å². The first kappa shape index (κ1) is 16.2. The fraction of sp³-hybridized carbons (Fsp3) is 0.438. The highest BCUT2D eigenvalue weighted by atomic mass is 16.5. The second-order valence-electron chi connectivity index (χ2n) is 4.30. The molecule has 1 aromatic rings. The maximum Gasteiger partial charge on any atom is 0.226 e. The fourth-order valence-corrected chi connectivity index (χ4v) is 1.90. The van der Waals surface area contributed by atoms with Crippen LogP contribution in [0, 0.1) is 0 Å². The van der Waals surface area contributed by atoms with Crippen LogP contribution in [-0.2, 0) is 9.47 Å². The Bertz CT molecular complexity index is 440. The maximum absolute atomic E-state index is 12.0. The highest BCUT2D eigenvalue weighted by Gasteiger charge is 2.12. The number of allylic oxidation sites excluding steroid dienone is 1. The van der Waals surface area contributed by atoms with Gasteiger partial charge in [0.25, 0.3) is 0 Å². The van der Waals surface area contributed by atoms with Crippen LogP contribution in [0.2, 0.25) is 0 Å². The van der Waals surface area contributed by atoms with Gasteiger partial charge in [0.15, 0.2) is 5.76 Å². The van der Waals surface area contributed by atoms with Gasteiger partial charge in [-0.05, 0) is 38.1 Å². The van der Waals surface area contributed by atoms with Crippen LogP contribution >= 0.6 is 0 Å². The molecule has 0 spiro atoms. The van der Waals surface area contributed by atoms with Gasteiger partial charge in [-0.25, -0.2) is 0 Å². The summed E-state index contributed by atoms with van der Waals surface area (Å²) >= 11 is 0. The van der Waals surface area contributed by atoms with Crippen LogP contribution in [0.3, 0.4) is 0 Å². The quantitative estimate of drug-likeness (QED) is 0.395. The van der Waals surface area contributed by atoms with Crippen molar-refractivity contribution in [2.45, 2.75) is 13.8 Å². The minimum Gasteiger partial charge on any atom is -0.490 e. The molecule has 0 aliphatic heterocycles. The molecule has 0 saturated carbocycles. The average Bonchev–Trinajstić information content (AvgIpc) is 2.48. The number of likely N-dealkylation sites (N-methyl/N-ethyl adjacent to an activating group) is 1. The Morgan fingerprint density at radius 3 is 2.40 bits per heavy atom. The molecule has 0 amide bonds. The first-order valence-corrected chi connectivity index (χ1v) is 6.84. The van der Waals surface area contributed by atoms with Crippen molar-refractivity contribution in [3.8, 4) is 0 Å². The van der Waals surface area contributed by atoms with E-state index in [2.05, 4.69) is 18.4 Å². The third-order valence-electron chi connectivity index (χ3n) is 3.01. The number of anilines is 1. The summed E-state index contributed by atoms with van der Waals surface area (Å²) < 4.78 is 10.2. The molecule has 1 aromatic carbocycles. The Hall–Kier alpha value is -1.81. The van der Waals surface area contributed by atoms with E-state index in [1.165, 1.54) is 0 Å². The van der Waals surface area contributed by atoms with E-state index < -0.39 is 0 Å². The van der Waals surface area contributed by atoms with Crippen LogP contribution < -0.4 is 4.90 Å². The number of benzene rings is 1. The minimum absolute atomic E-state index is 0.168. The van der Waals surface area contributed by atoms with E-state index in [-0.39, 0.29) is 11.5 Å². The third-order valence-corrected chi connectivity index (χ3v) is 3.01. The lowest BCUT2D eigenvalue weighted by atomic mass is 10.1. The van der Waals surface area contributed by atoms with Crippen LogP contribution in [0.15, 0.2) is 36.6 Å². The number of hydrogen-bond donors (Lipinski definition) is 0. The second kappa shape index (κ2) is 8.38. The molecule has 4 nitrogen and oxygen atoms in total. The Morgan fingerprint density at radius 1 is 1.25 bits per heavy atom. The molecule has 20 heavy (non-hydrogen) atoms. The Balaban J connectivity index is 2.77. The van der Waals surface area contributed by atoms with Gasteiger partial charge in [-0.1, -0.05) is 6.58 Å². The minimum atomic E-state index is -0.168. The van der Waals surface area contributed by atoms with Crippen molar-refractivity contribution in [3.05, 3.63) is 42.2 Å². The summed E-state index contributed by atoms with van der Waals surface area (Å²) in [5, 5.41) is 0. The van der Waals surface area contributed by atoms with Crippen molar-refractivity contribution in [1.82, 2.24) is 0 Å². The van der Waals surface area contributed by atoms with Crippen molar-refractivity contribution in [1.29, 1.82) is 0 Å². The molecule has 1 rings (SSSR count). The lowest BCUT2D eigenvalue weighted by molar-refractivity contribution is 0.0929. The summed E-state index contributed by atoms with van der Waals surface area (Å²) in [7, 11) is 1.69. The van der Waals surface area contributed by atoms with Crippen molar-refractivity contribution in [3.63, 3.8) is 0 Å². The second-order valence-corrected chi connectivity index (χ2v) is 4.30. The molecule has 0 heterocycles. The molecule has 0 radical (unpaired) electrons.